The van der Waals surface area contributed by atoms with Crippen LogP contribution in [0.5, 0.6) is 0 Å². The van der Waals surface area contributed by atoms with Crippen molar-refractivity contribution in [2.24, 2.45) is 5.41 Å². The molecule has 5 rings (SSSR count). The van der Waals surface area contributed by atoms with Crippen molar-refractivity contribution in [3.05, 3.63) is 130 Å². The SMILES string of the molecule is C[C@@H](CCO[Si](c1ccccc1)(c1ccccc1)C(C)(C)C)N1C(=O)[C@@](C)(CO)C[C@H](c2cccc(Cl)c2)[C@H]1c1ccc(Cl)cc1. The van der Waals surface area contributed by atoms with Crippen molar-refractivity contribution in [1.29, 1.82) is 0 Å². The number of amides is 1. The average Bonchev–Trinajstić information content (AvgIpc) is 3.04. The molecule has 1 fully saturated rings. The van der Waals surface area contributed by atoms with E-state index in [-0.39, 0.29) is 35.6 Å². The van der Waals surface area contributed by atoms with E-state index >= 15 is 0 Å². The first-order chi connectivity index (χ1) is 21.9. The number of halogens is 2. The van der Waals surface area contributed by atoms with Crippen LogP contribution in [0.15, 0.2) is 109 Å². The maximum Gasteiger partial charge on any atom is 0.261 e. The van der Waals surface area contributed by atoms with Crippen LogP contribution in [0.4, 0.5) is 0 Å². The van der Waals surface area contributed by atoms with Crippen LogP contribution in [0.25, 0.3) is 0 Å². The summed E-state index contributed by atoms with van der Waals surface area (Å²) in [5.74, 6) is -0.138. The molecule has 0 bridgehead atoms. The number of benzene rings is 4. The summed E-state index contributed by atoms with van der Waals surface area (Å²) in [5.41, 5.74) is 1.10. The maximum atomic E-state index is 14.5. The predicted octanol–water partition coefficient (Wildman–Crippen LogP) is 8.40. The van der Waals surface area contributed by atoms with Gasteiger partial charge in [-0.1, -0.05) is 129 Å². The highest BCUT2D eigenvalue weighted by atomic mass is 35.5. The summed E-state index contributed by atoms with van der Waals surface area (Å²) in [6, 6.07) is 36.4. The molecule has 1 amide bonds. The van der Waals surface area contributed by atoms with E-state index in [9.17, 15) is 9.90 Å². The van der Waals surface area contributed by atoms with Gasteiger partial charge >= 0.3 is 0 Å². The van der Waals surface area contributed by atoms with Crippen LogP contribution in [0.3, 0.4) is 0 Å². The largest absolute Gasteiger partial charge is 0.407 e. The van der Waals surface area contributed by atoms with Gasteiger partial charge in [0.25, 0.3) is 8.32 Å². The molecule has 242 valence electrons. The van der Waals surface area contributed by atoms with Gasteiger partial charge < -0.3 is 14.4 Å². The van der Waals surface area contributed by atoms with E-state index in [0.717, 1.165) is 11.1 Å². The van der Waals surface area contributed by atoms with Gasteiger partial charge in [0.1, 0.15) is 0 Å². The molecule has 4 aromatic carbocycles. The van der Waals surface area contributed by atoms with Gasteiger partial charge in [-0.05, 0) is 77.5 Å². The molecule has 0 aliphatic carbocycles. The van der Waals surface area contributed by atoms with E-state index in [2.05, 4.69) is 82.3 Å². The van der Waals surface area contributed by atoms with Crippen LogP contribution >= 0.6 is 23.2 Å². The number of piperidine rings is 1. The van der Waals surface area contributed by atoms with Crippen LogP contribution < -0.4 is 10.4 Å². The smallest absolute Gasteiger partial charge is 0.261 e. The second-order valence-electron chi connectivity index (χ2n) is 13.9. The average molecular weight is 675 g/mol. The predicted molar refractivity (Wildman–Crippen MR) is 193 cm³/mol. The molecule has 1 aliphatic rings. The Morgan fingerprint density at radius 3 is 1.98 bits per heavy atom. The van der Waals surface area contributed by atoms with Crippen molar-refractivity contribution in [3.63, 3.8) is 0 Å². The van der Waals surface area contributed by atoms with Gasteiger partial charge in [-0.15, -0.1) is 0 Å². The summed E-state index contributed by atoms with van der Waals surface area (Å²) in [4.78, 5) is 16.5. The van der Waals surface area contributed by atoms with Gasteiger partial charge in [0.05, 0.1) is 18.1 Å². The summed E-state index contributed by atoms with van der Waals surface area (Å²) in [6.45, 7) is 11.0. The van der Waals surface area contributed by atoms with Gasteiger partial charge in [-0.3, -0.25) is 4.79 Å². The van der Waals surface area contributed by atoms with Gasteiger partial charge in [-0.25, -0.2) is 0 Å². The lowest BCUT2D eigenvalue weighted by molar-refractivity contribution is -0.157. The molecular formula is C39H45Cl2NO3Si. The van der Waals surface area contributed by atoms with Crippen LogP contribution in [-0.4, -0.2) is 43.5 Å². The Morgan fingerprint density at radius 1 is 0.870 bits per heavy atom. The fourth-order valence-electron chi connectivity index (χ4n) is 7.30. The van der Waals surface area contributed by atoms with Crippen LogP contribution in [0.2, 0.25) is 15.1 Å². The normalized spacial score (nSPS) is 21.3. The third-order valence-electron chi connectivity index (χ3n) is 9.69. The Labute approximate surface area is 285 Å². The van der Waals surface area contributed by atoms with Crippen molar-refractivity contribution in [1.82, 2.24) is 4.90 Å². The quantitative estimate of drug-likeness (QED) is 0.172. The summed E-state index contributed by atoms with van der Waals surface area (Å²) >= 11 is 12.8. The highest BCUT2D eigenvalue weighted by molar-refractivity contribution is 6.99. The monoisotopic (exact) mass is 673 g/mol. The lowest BCUT2D eigenvalue weighted by atomic mass is 9.68. The standard InChI is InChI=1S/C39H45Cl2NO3Si/c1-28(23-24-45-46(38(2,3)4,33-15-8-6-9-16-33)34-17-10-7-11-18-34)42-36(29-19-21-31(40)22-20-29)35(26-39(5,27-43)37(42)44)30-13-12-14-32(41)25-30/h6-22,25,28,35-36,43H,23-24,26-27H2,1-5H3/t28-,35+,36+,39+/m0/s1. The van der Waals surface area contributed by atoms with E-state index in [0.29, 0.717) is 29.5 Å². The molecule has 0 unspecified atom stereocenters. The first-order valence-corrected chi connectivity index (χ1v) is 18.8. The molecule has 1 aliphatic heterocycles. The Balaban J connectivity index is 1.54. The van der Waals surface area contributed by atoms with Gasteiger partial charge in [0, 0.05) is 28.6 Å². The number of likely N-dealkylation sites (tertiary alicyclic amines) is 1. The first kappa shape index (κ1) is 34.4. The number of carbonyl (C=O) groups is 1. The third kappa shape index (κ3) is 6.72. The van der Waals surface area contributed by atoms with Crippen molar-refractivity contribution in [2.75, 3.05) is 13.2 Å². The van der Waals surface area contributed by atoms with Crippen molar-refractivity contribution in [2.45, 2.75) is 70.5 Å². The lowest BCUT2D eigenvalue weighted by Gasteiger charge is -2.51. The second-order valence-corrected chi connectivity index (χ2v) is 19.1. The molecule has 0 aromatic heterocycles. The van der Waals surface area contributed by atoms with E-state index in [1.807, 2.05) is 66.4 Å². The first-order valence-electron chi connectivity index (χ1n) is 16.1. The Kier molecular flexibility index (Phi) is 10.5. The fraction of sp³-hybridized carbons (Fsp3) is 0.359. The zero-order valence-corrected chi connectivity index (χ0v) is 29.9. The molecule has 1 N–H and O–H groups in total. The summed E-state index contributed by atoms with van der Waals surface area (Å²) < 4.78 is 7.24. The van der Waals surface area contributed by atoms with E-state index in [1.165, 1.54) is 10.4 Å². The van der Waals surface area contributed by atoms with Crippen LogP contribution in [-0.2, 0) is 9.22 Å². The zero-order valence-electron chi connectivity index (χ0n) is 27.4. The molecule has 0 spiro atoms. The minimum absolute atomic E-state index is 0.0498. The number of aliphatic hydroxyl groups excluding tert-OH is 1. The minimum atomic E-state index is -2.75. The fourth-order valence-corrected chi connectivity index (χ4v) is 12.2. The van der Waals surface area contributed by atoms with Gasteiger partial charge in [-0.2, -0.15) is 0 Å². The molecule has 1 saturated heterocycles. The molecule has 0 saturated carbocycles. The highest BCUT2D eigenvalue weighted by Gasteiger charge is 2.52. The number of rotatable bonds is 10. The Bertz CT molecular complexity index is 1570. The van der Waals surface area contributed by atoms with E-state index < -0.39 is 13.7 Å². The van der Waals surface area contributed by atoms with E-state index in [1.54, 1.807) is 0 Å². The zero-order chi connectivity index (χ0) is 33.1. The number of carbonyl (C=O) groups excluding carboxylic acids is 1. The number of nitrogens with zero attached hydrogens (tertiary/aromatic N) is 1. The maximum absolute atomic E-state index is 14.5. The molecule has 46 heavy (non-hydrogen) atoms. The number of aliphatic hydroxyl groups is 1. The lowest BCUT2D eigenvalue weighted by Crippen LogP contribution is -2.66. The number of hydrogen-bond donors (Lipinski definition) is 1. The molecule has 4 atom stereocenters. The minimum Gasteiger partial charge on any atom is -0.407 e. The van der Waals surface area contributed by atoms with Crippen molar-refractivity contribution in [3.8, 4) is 0 Å². The number of hydrogen-bond acceptors (Lipinski definition) is 3. The van der Waals surface area contributed by atoms with Crippen molar-refractivity contribution >= 4 is 47.8 Å². The second kappa shape index (κ2) is 14.0. The summed E-state index contributed by atoms with van der Waals surface area (Å²) in [7, 11) is -2.75. The van der Waals surface area contributed by atoms with Crippen LogP contribution in [0, 0.1) is 5.41 Å². The Morgan fingerprint density at radius 2 is 1.46 bits per heavy atom. The molecule has 0 radical (unpaired) electrons. The van der Waals surface area contributed by atoms with E-state index in [4.69, 9.17) is 27.6 Å². The van der Waals surface area contributed by atoms with Gasteiger partial charge in [0.15, 0.2) is 0 Å². The topological polar surface area (TPSA) is 49.8 Å². The third-order valence-corrected chi connectivity index (χ3v) is 15.2. The molecule has 7 heteroatoms. The summed E-state index contributed by atoms with van der Waals surface area (Å²) in [6.07, 6.45) is 1.13. The Hall–Kier alpha value is -2.93. The van der Waals surface area contributed by atoms with Crippen molar-refractivity contribution < 1.29 is 14.3 Å². The molecule has 4 nitrogen and oxygen atoms in total. The van der Waals surface area contributed by atoms with Gasteiger partial charge in [0.2, 0.25) is 5.91 Å². The molecule has 4 aromatic rings. The molecular weight excluding hydrogens is 629 g/mol. The summed E-state index contributed by atoms with van der Waals surface area (Å²) in [5, 5.41) is 14.2. The highest BCUT2D eigenvalue weighted by Crippen LogP contribution is 2.51. The molecule has 1 heterocycles. The van der Waals surface area contributed by atoms with Crippen LogP contribution in [0.1, 0.15) is 70.5 Å².